The van der Waals surface area contributed by atoms with E-state index < -0.39 is 0 Å². The first-order chi connectivity index (χ1) is 16.1. The van der Waals surface area contributed by atoms with Crippen LogP contribution >= 0.6 is 34.9 Å². The molecule has 9 heteroatoms. The molecule has 4 aromatic rings. The first kappa shape index (κ1) is 23.8. The number of para-hydroxylation sites is 1. The number of thioether (sulfide) groups is 2. The summed E-state index contributed by atoms with van der Waals surface area (Å²) in [5.74, 6) is 1.90. The lowest BCUT2D eigenvalue weighted by molar-refractivity contribution is -0.119. The van der Waals surface area contributed by atoms with Crippen molar-refractivity contribution in [2.75, 3.05) is 5.75 Å². The van der Waals surface area contributed by atoms with Gasteiger partial charge in [-0.1, -0.05) is 79.3 Å². The Morgan fingerprint density at radius 2 is 1.88 bits per heavy atom. The summed E-state index contributed by atoms with van der Waals surface area (Å²) in [5, 5.41) is 12.7. The highest BCUT2D eigenvalue weighted by molar-refractivity contribution is 8.00. The largest absolute Gasteiger partial charge is 0.353 e. The quantitative estimate of drug-likeness (QED) is 0.271. The van der Waals surface area contributed by atoms with Crippen LogP contribution in [0.4, 0.5) is 0 Å². The fourth-order valence-electron chi connectivity index (χ4n) is 3.45. The zero-order chi connectivity index (χ0) is 23.0. The number of hydrogen-bond donors (Lipinski definition) is 1. The summed E-state index contributed by atoms with van der Waals surface area (Å²) < 4.78 is 4.32. The standard InChI is InChI=1S/C24H27N5OS3/c1-3-9-17(2)25-22(30)16-31-23-28-27-21(29(23)14-18-10-5-4-6-11-18)15-32-24-26-19-12-7-8-13-20(19)33-24/h4-8,10-13,17H,3,9,14-16H2,1-2H3,(H,25,30). The van der Waals surface area contributed by atoms with E-state index in [1.165, 1.54) is 22.0 Å². The Morgan fingerprint density at radius 3 is 2.67 bits per heavy atom. The molecule has 2 aromatic heterocycles. The number of fused-ring (bicyclic) bond motifs is 1. The third kappa shape index (κ3) is 6.59. The molecule has 0 aliphatic rings. The van der Waals surface area contributed by atoms with Crippen molar-refractivity contribution in [1.82, 2.24) is 25.1 Å². The molecule has 172 valence electrons. The van der Waals surface area contributed by atoms with E-state index in [1.54, 1.807) is 23.1 Å². The molecule has 33 heavy (non-hydrogen) atoms. The minimum absolute atomic E-state index is 0.0283. The predicted molar refractivity (Wildman–Crippen MR) is 138 cm³/mol. The maximum atomic E-state index is 12.4. The summed E-state index contributed by atoms with van der Waals surface area (Å²) in [6, 6.07) is 18.6. The van der Waals surface area contributed by atoms with Gasteiger partial charge in [0.1, 0.15) is 5.82 Å². The first-order valence-corrected chi connectivity index (χ1v) is 13.8. The molecule has 2 heterocycles. The van der Waals surface area contributed by atoms with Gasteiger partial charge in [-0.25, -0.2) is 4.98 Å². The number of nitrogens with one attached hydrogen (secondary N) is 1. The number of amides is 1. The lowest BCUT2D eigenvalue weighted by atomic mass is 10.2. The van der Waals surface area contributed by atoms with Gasteiger partial charge in [0.2, 0.25) is 5.91 Å². The molecule has 0 saturated carbocycles. The molecule has 6 nitrogen and oxygen atoms in total. The van der Waals surface area contributed by atoms with E-state index in [2.05, 4.69) is 45.2 Å². The number of aromatic nitrogens is 4. The molecule has 0 saturated heterocycles. The topological polar surface area (TPSA) is 72.7 Å². The summed E-state index contributed by atoms with van der Waals surface area (Å²) in [4.78, 5) is 17.1. The Hall–Kier alpha value is -2.36. The summed E-state index contributed by atoms with van der Waals surface area (Å²) in [6.45, 7) is 4.83. The second-order valence-corrected chi connectivity index (χ2v) is 10.9. The Bertz CT molecular complexity index is 1160. The third-order valence-corrected chi connectivity index (χ3v) is 8.18. The van der Waals surface area contributed by atoms with Crippen molar-refractivity contribution >= 4 is 51.0 Å². The summed E-state index contributed by atoms with van der Waals surface area (Å²) in [7, 11) is 0. The molecule has 2 aromatic carbocycles. The van der Waals surface area contributed by atoms with Gasteiger partial charge in [-0.05, 0) is 31.0 Å². The number of hydrogen-bond acceptors (Lipinski definition) is 7. The van der Waals surface area contributed by atoms with Gasteiger partial charge in [-0.15, -0.1) is 21.5 Å². The molecule has 0 bridgehead atoms. The van der Waals surface area contributed by atoms with Crippen LogP contribution in [-0.4, -0.2) is 37.5 Å². The van der Waals surface area contributed by atoms with E-state index in [-0.39, 0.29) is 11.9 Å². The second kappa shape index (κ2) is 11.7. The minimum atomic E-state index is 0.0283. The fourth-order valence-corrected chi connectivity index (χ4v) is 6.22. The van der Waals surface area contributed by atoms with Crippen molar-refractivity contribution in [3.8, 4) is 0 Å². The number of carbonyl (C=O) groups is 1. The fraction of sp³-hybridized carbons (Fsp3) is 0.333. The molecule has 0 aliphatic heterocycles. The van der Waals surface area contributed by atoms with Gasteiger partial charge in [-0.3, -0.25) is 4.79 Å². The highest BCUT2D eigenvalue weighted by Gasteiger charge is 2.16. The predicted octanol–water partition coefficient (Wildman–Crippen LogP) is 5.63. The lowest BCUT2D eigenvalue weighted by Gasteiger charge is -2.13. The number of thiazole rings is 1. The molecular weight excluding hydrogens is 470 g/mol. The Balaban J connectivity index is 1.47. The van der Waals surface area contributed by atoms with Crippen LogP contribution in [0.25, 0.3) is 10.2 Å². The number of rotatable bonds is 11. The Morgan fingerprint density at radius 1 is 1.09 bits per heavy atom. The average Bonchev–Trinajstić information content (AvgIpc) is 3.40. The number of carbonyl (C=O) groups excluding carboxylic acids is 1. The monoisotopic (exact) mass is 497 g/mol. The van der Waals surface area contributed by atoms with Gasteiger partial charge in [0.05, 0.1) is 28.3 Å². The summed E-state index contributed by atoms with van der Waals surface area (Å²) in [5.41, 5.74) is 2.20. The SMILES string of the molecule is CCCC(C)NC(=O)CSc1nnc(CSc2nc3ccccc3s2)n1Cc1ccccc1. The van der Waals surface area contributed by atoms with Crippen LogP contribution in [0.5, 0.6) is 0 Å². The van der Waals surface area contributed by atoms with Gasteiger partial charge >= 0.3 is 0 Å². The van der Waals surface area contributed by atoms with Crippen molar-refractivity contribution in [3.63, 3.8) is 0 Å². The van der Waals surface area contributed by atoms with E-state index >= 15 is 0 Å². The van der Waals surface area contributed by atoms with Gasteiger partial charge in [0.25, 0.3) is 0 Å². The Labute approximate surface area is 206 Å². The van der Waals surface area contributed by atoms with Gasteiger partial charge in [0, 0.05) is 6.04 Å². The van der Waals surface area contributed by atoms with E-state index in [9.17, 15) is 4.79 Å². The van der Waals surface area contributed by atoms with E-state index in [1.807, 2.05) is 43.3 Å². The van der Waals surface area contributed by atoms with Crippen LogP contribution in [0.1, 0.15) is 38.1 Å². The highest BCUT2D eigenvalue weighted by atomic mass is 32.2. The first-order valence-electron chi connectivity index (χ1n) is 11.0. The second-order valence-electron chi connectivity index (χ2n) is 7.75. The molecule has 1 unspecified atom stereocenters. The highest BCUT2D eigenvalue weighted by Crippen LogP contribution is 2.32. The average molecular weight is 498 g/mol. The van der Waals surface area contributed by atoms with Crippen LogP contribution in [-0.2, 0) is 17.1 Å². The van der Waals surface area contributed by atoms with Crippen molar-refractivity contribution < 1.29 is 4.79 Å². The molecule has 4 rings (SSSR count). The minimum Gasteiger partial charge on any atom is -0.353 e. The molecule has 1 atom stereocenters. The van der Waals surface area contributed by atoms with Crippen molar-refractivity contribution in [2.24, 2.45) is 0 Å². The molecular formula is C24H27N5OS3. The van der Waals surface area contributed by atoms with Gasteiger partial charge < -0.3 is 9.88 Å². The van der Waals surface area contributed by atoms with E-state index in [0.29, 0.717) is 18.1 Å². The van der Waals surface area contributed by atoms with Gasteiger partial charge in [0.15, 0.2) is 9.50 Å². The van der Waals surface area contributed by atoms with Gasteiger partial charge in [-0.2, -0.15) is 0 Å². The zero-order valence-corrected chi connectivity index (χ0v) is 21.2. The zero-order valence-electron chi connectivity index (χ0n) is 18.7. The molecule has 0 spiro atoms. The van der Waals surface area contributed by atoms with Crippen LogP contribution in [0.3, 0.4) is 0 Å². The van der Waals surface area contributed by atoms with Crippen molar-refractivity contribution in [2.45, 2.75) is 54.5 Å². The summed E-state index contributed by atoms with van der Waals surface area (Å²) >= 11 is 4.80. The smallest absolute Gasteiger partial charge is 0.230 e. The maximum absolute atomic E-state index is 12.4. The third-order valence-electron chi connectivity index (χ3n) is 5.04. The van der Waals surface area contributed by atoms with Crippen molar-refractivity contribution in [1.29, 1.82) is 0 Å². The molecule has 0 radical (unpaired) electrons. The molecule has 1 amide bonds. The maximum Gasteiger partial charge on any atom is 0.230 e. The van der Waals surface area contributed by atoms with Crippen LogP contribution in [0, 0.1) is 0 Å². The van der Waals surface area contributed by atoms with Crippen LogP contribution in [0.2, 0.25) is 0 Å². The Kier molecular flexibility index (Phi) is 8.41. The van der Waals surface area contributed by atoms with E-state index in [4.69, 9.17) is 4.98 Å². The molecule has 0 fully saturated rings. The molecule has 0 aliphatic carbocycles. The summed E-state index contributed by atoms with van der Waals surface area (Å²) in [6.07, 6.45) is 2.03. The van der Waals surface area contributed by atoms with Crippen molar-refractivity contribution in [3.05, 3.63) is 66.0 Å². The van der Waals surface area contributed by atoms with Crippen LogP contribution in [0.15, 0.2) is 64.1 Å². The number of nitrogens with zero attached hydrogens (tertiary/aromatic N) is 4. The van der Waals surface area contributed by atoms with Crippen LogP contribution < -0.4 is 5.32 Å². The van der Waals surface area contributed by atoms with E-state index in [0.717, 1.165) is 33.7 Å². The molecule has 1 N–H and O–H groups in total. The normalized spacial score (nSPS) is 12.2. The number of benzene rings is 2. The lowest BCUT2D eigenvalue weighted by Crippen LogP contribution is -2.33.